The summed E-state index contributed by atoms with van der Waals surface area (Å²) in [5, 5.41) is 7.05. The van der Waals surface area contributed by atoms with Gasteiger partial charge in [0.25, 0.3) is 5.91 Å². The SMILES string of the molecule is COc1ccc(CCNC(=O)CSc2cn(CCNC(=O)c3ccccc3OC)c3ccccc23)cc1OC. The molecule has 3 aromatic carbocycles. The van der Waals surface area contributed by atoms with Crippen LogP contribution in [-0.4, -0.2) is 56.6 Å². The highest BCUT2D eigenvalue weighted by Gasteiger charge is 2.13. The number of fused-ring (bicyclic) bond motifs is 1. The van der Waals surface area contributed by atoms with Crippen molar-refractivity contribution in [1.29, 1.82) is 0 Å². The molecule has 0 unspecified atom stereocenters. The van der Waals surface area contributed by atoms with Gasteiger partial charge in [-0.2, -0.15) is 0 Å². The van der Waals surface area contributed by atoms with Crippen LogP contribution in [0.4, 0.5) is 0 Å². The van der Waals surface area contributed by atoms with Crippen LogP contribution in [0.25, 0.3) is 10.9 Å². The molecule has 0 aliphatic heterocycles. The number of para-hydroxylation sites is 2. The van der Waals surface area contributed by atoms with Crippen LogP contribution in [0.3, 0.4) is 0 Å². The molecule has 204 valence electrons. The van der Waals surface area contributed by atoms with E-state index in [1.54, 1.807) is 33.5 Å². The number of hydrogen-bond donors (Lipinski definition) is 2. The molecular weight excluding hydrogens is 514 g/mol. The van der Waals surface area contributed by atoms with E-state index in [2.05, 4.69) is 21.3 Å². The molecule has 0 aliphatic rings. The zero-order valence-electron chi connectivity index (χ0n) is 22.4. The van der Waals surface area contributed by atoms with Gasteiger partial charge in [0, 0.05) is 41.6 Å². The van der Waals surface area contributed by atoms with Crippen molar-refractivity contribution in [2.24, 2.45) is 0 Å². The van der Waals surface area contributed by atoms with E-state index in [0.717, 1.165) is 21.4 Å². The fraction of sp³-hybridized carbons (Fsp3) is 0.267. The molecule has 0 radical (unpaired) electrons. The van der Waals surface area contributed by atoms with Gasteiger partial charge in [0.05, 0.1) is 32.6 Å². The van der Waals surface area contributed by atoms with Crippen LogP contribution in [0.15, 0.2) is 77.8 Å². The fourth-order valence-electron chi connectivity index (χ4n) is 4.31. The lowest BCUT2D eigenvalue weighted by molar-refractivity contribution is -0.118. The Morgan fingerprint density at radius 2 is 1.56 bits per heavy atom. The van der Waals surface area contributed by atoms with Gasteiger partial charge in [0.15, 0.2) is 11.5 Å². The summed E-state index contributed by atoms with van der Waals surface area (Å²) in [6, 6.07) is 21.0. The molecule has 0 atom stereocenters. The van der Waals surface area contributed by atoms with Gasteiger partial charge in [-0.3, -0.25) is 9.59 Å². The smallest absolute Gasteiger partial charge is 0.255 e. The molecule has 1 aromatic heterocycles. The Kier molecular flexibility index (Phi) is 9.74. The third-order valence-electron chi connectivity index (χ3n) is 6.28. The Labute approximate surface area is 232 Å². The molecule has 2 N–H and O–H groups in total. The minimum atomic E-state index is -0.178. The number of aromatic nitrogens is 1. The van der Waals surface area contributed by atoms with Crippen molar-refractivity contribution in [3.05, 3.63) is 84.1 Å². The van der Waals surface area contributed by atoms with E-state index in [4.69, 9.17) is 14.2 Å². The van der Waals surface area contributed by atoms with Crippen LogP contribution in [0.2, 0.25) is 0 Å². The number of benzene rings is 3. The lowest BCUT2D eigenvalue weighted by Crippen LogP contribution is -2.27. The largest absolute Gasteiger partial charge is 0.496 e. The fourth-order valence-corrected chi connectivity index (χ4v) is 5.23. The maximum absolute atomic E-state index is 12.6. The first-order valence-corrected chi connectivity index (χ1v) is 13.6. The van der Waals surface area contributed by atoms with Crippen LogP contribution < -0.4 is 24.8 Å². The molecule has 0 spiro atoms. The second kappa shape index (κ2) is 13.6. The van der Waals surface area contributed by atoms with Crippen LogP contribution in [0.1, 0.15) is 15.9 Å². The van der Waals surface area contributed by atoms with Gasteiger partial charge < -0.3 is 29.4 Å². The molecule has 4 rings (SSSR count). The van der Waals surface area contributed by atoms with E-state index in [9.17, 15) is 9.59 Å². The van der Waals surface area contributed by atoms with Crippen LogP contribution >= 0.6 is 11.8 Å². The minimum Gasteiger partial charge on any atom is -0.496 e. The first-order valence-electron chi connectivity index (χ1n) is 12.6. The van der Waals surface area contributed by atoms with Crippen LogP contribution in [-0.2, 0) is 17.8 Å². The first-order chi connectivity index (χ1) is 19.0. The van der Waals surface area contributed by atoms with Gasteiger partial charge >= 0.3 is 0 Å². The standard InChI is InChI=1S/C30H33N3O5S/c1-36-25-11-7-5-9-23(25)30(35)32-16-17-33-19-28(22-8-4-6-10-24(22)33)39-20-29(34)31-15-14-21-12-13-26(37-2)27(18-21)38-3/h4-13,18-19H,14-17,20H2,1-3H3,(H,31,34)(H,32,35). The monoisotopic (exact) mass is 547 g/mol. The van der Waals surface area contributed by atoms with Crippen molar-refractivity contribution in [2.45, 2.75) is 17.9 Å². The van der Waals surface area contributed by atoms with E-state index in [0.29, 0.717) is 54.6 Å². The molecule has 4 aromatic rings. The Bertz CT molecular complexity index is 1440. The zero-order valence-corrected chi connectivity index (χ0v) is 23.2. The number of thioether (sulfide) groups is 1. The molecule has 0 aliphatic carbocycles. The normalized spacial score (nSPS) is 10.7. The molecule has 0 bridgehead atoms. The van der Waals surface area contributed by atoms with Gasteiger partial charge in [-0.25, -0.2) is 0 Å². The van der Waals surface area contributed by atoms with Gasteiger partial charge in [-0.05, 0) is 42.3 Å². The van der Waals surface area contributed by atoms with E-state index in [1.165, 1.54) is 11.8 Å². The molecular formula is C30H33N3O5S. The third-order valence-corrected chi connectivity index (χ3v) is 7.33. The van der Waals surface area contributed by atoms with Gasteiger partial charge in [-0.15, -0.1) is 11.8 Å². The summed E-state index contributed by atoms with van der Waals surface area (Å²) >= 11 is 1.50. The topological polar surface area (TPSA) is 90.8 Å². The second-order valence-corrected chi connectivity index (χ2v) is 9.76. The molecule has 39 heavy (non-hydrogen) atoms. The van der Waals surface area contributed by atoms with E-state index in [-0.39, 0.29) is 11.8 Å². The van der Waals surface area contributed by atoms with Crippen LogP contribution in [0.5, 0.6) is 17.2 Å². The summed E-state index contributed by atoms with van der Waals surface area (Å²) in [5.41, 5.74) is 2.62. The number of nitrogens with zero attached hydrogens (tertiary/aromatic N) is 1. The summed E-state index contributed by atoms with van der Waals surface area (Å²) in [4.78, 5) is 26.2. The maximum atomic E-state index is 12.6. The highest BCUT2D eigenvalue weighted by molar-refractivity contribution is 8.00. The molecule has 9 heteroatoms. The van der Waals surface area contributed by atoms with Crippen molar-refractivity contribution in [2.75, 3.05) is 40.2 Å². The molecule has 0 fully saturated rings. The molecule has 0 saturated carbocycles. The highest BCUT2D eigenvalue weighted by Crippen LogP contribution is 2.30. The number of nitrogens with one attached hydrogen (secondary N) is 2. The summed E-state index contributed by atoms with van der Waals surface area (Å²) in [5.74, 6) is 2.00. The quantitative estimate of drug-likeness (QED) is 0.239. The van der Waals surface area contributed by atoms with E-state index in [1.807, 2.05) is 54.7 Å². The van der Waals surface area contributed by atoms with Crippen molar-refractivity contribution in [1.82, 2.24) is 15.2 Å². The van der Waals surface area contributed by atoms with Gasteiger partial charge in [0.1, 0.15) is 5.75 Å². The number of rotatable bonds is 13. The summed E-state index contributed by atoms with van der Waals surface area (Å²) in [6.45, 7) is 1.58. The Morgan fingerprint density at radius 1 is 0.821 bits per heavy atom. The summed E-state index contributed by atoms with van der Waals surface area (Å²) in [6.07, 6.45) is 2.73. The van der Waals surface area contributed by atoms with E-state index < -0.39 is 0 Å². The van der Waals surface area contributed by atoms with Crippen molar-refractivity contribution >= 4 is 34.5 Å². The summed E-state index contributed by atoms with van der Waals surface area (Å²) in [7, 11) is 4.76. The predicted octanol–water partition coefficient (Wildman–Crippen LogP) is 4.55. The van der Waals surface area contributed by atoms with Crippen molar-refractivity contribution in [3.63, 3.8) is 0 Å². The first kappa shape index (κ1) is 27.9. The molecule has 0 saturated heterocycles. The average molecular weight is 548 g/mol. The van der Waals surface area contributed by atoms with Crippen molar-refractivity contribution in [3.8, 4) is 17.2 Å². The third kappa shape index (κ3) is 7.06. The molecule has 2 amide bonds. The molecule has 8 nitrogen and oxygen atoms in total. The van der Waals surface area contributed by atoms with E-state index >= 15 is 0 Å². The maximum Gasteiger partial charge on any atom is 0.255 e. The average Bonchev–Trinajstić information content (AvgIpc) is 3.33. The zero-order chi connectivity index (χ0) is 27.6. The minimum absolute atomic E-state index is 0.0265. The number of carbonyl (C=O) groups excluding carboxylic acids is 2. The number of hydrogen-bond acceptors (Lipinski definition) is 6. The van der Waals surface area contributed by atoms with Gasteiger partial charge in [-0.1, -0.05) is 36.4 Å². The number of methoxy groups -OCH3 is 3. The number of amides is 2. The lowest BCUT2D eigenvalue weighted by atomic mass is 10.1. The molecule has 1 heterocycles. The Balaban J connectivity index is 1.30. The summed E-state index contributed by atoms with van der Waals surface area (Å²) < 4.78 is 18.0. The highest BCUT2D eigenvalue weighted by atomic mass is 32.2. The number of carbonyl (C=O) groups is 2. The lowest BCUT2D eigenvalue weighted by Gasteiger charge is -2.10. The second-order valence-electron chi connectivity index (χ2n) is 8.74. The predicted molar refractivity (Wildman–Crippen MR) is 154 cm³/mol. The van der Waals surface area contributed by atoms with Gasteiger partial charge in [0.2, 0.25) is 5.91 Å². The number of ether oxygens (including phenoxy) is 3. The Morgan fingerprint density at radius 3 is 2.36 bits per heavy atom. The Hall–Kier alpha value is -4.11. The van der Waals surface area contributed by atoms with Crippen LogP contribution in [0, 0.1) is 0 Å². The van der Waals surface area contributed by atoms with Crippen molar-refractivity contribution < 1.29 is 23.8 Å².